The number of benzene rings is 1. The molecule has 0 heterocycles. The van der Waals surface area contributed by atoms with Crippen molar-refractivity contribution in [1.29, 1.82) is 0 Å². The molecule has 0 aromatic heterocycles. The van der Waals surface area contributed by atoms with E-state index in [0.29, 0.717) is 0 Å². The van der Waals surface area contributed by atoms with Crippen molar-refractivity contribution in [3.05, 3.63) is 29.8 Å². The Kier molecular flexibility index (Phi) is 3.53. The van der Waals surface area contributed by atoms with Crippen LogP contribution in [0.3, 0.4) is 0 Å². The molecule has 0 saturated carbocycles. The summed E-state index contributed by atoms with van der Waals surface area (Å²) in [6.07, 6.45) is 0.973. The van der Waals surface area contributed by atoms with Gasteiger partial charge in [0.15, 0.2) is 0 Å². The van der Waals surface area contributed by atoms with Gasteiger partial charge in [-0.2, -0.15) is 0 Å². The molecule has 0 radical (unpaired) electrons. The number of rotatable bonds is 4. The third-order valence-electron chi connectivity index (χ3n) is 2.15. The van der Waals surface area contributed by atoms with Gasteiger partial charge in [0, 0.05) is 17.8 Å². The quantitative estimate of drug-likeness (QED) is 0.769. The molecule has 3 N–H and O–H groups in total. The third-order valence-corrected chi connectivity index (χ3v) is 2.15. The van der Waals surface area contributed by atoms with Crippen LogP contribution >= 0.6 is 0 Å². The zero-order chi connectivity index (χ0) is 10.6. The molecular weight excluding hydrogens is 172 g/mol. The van der Waals surface area contributed by atoms with Gasteiger partial charge >= 0.3 is 0 Å². The van der Waals surface area contributed by atoms with Crippen molar-refractivity contribution in [2.75, 3.05) is 11.9 Å². The number of nitrogens with one attached hydrogen (secondary N) is 1. The van der Waals surface area contributed by atoms with Crippen LogP contribution in [0.5, 0.6) is 0 Å². The lowest BCUT2D eigenvalue weighted by Gasteiger charge is -2.18. The molecule has 1 rings (SSSR count). The molecule has 0 saturated heterocycles. The van der Waals surface area contributed by atoms with Gasteiger partial charge in [0.25, 0.3) is 0 Å². The lowest BCUT2D eigenvalue weighted by atomic mass is 10.0. The maximum atomic E-state index is 5.88. The summed E-state index contributed by atoms with van der Waals surface area (Å²) in [5.41, 5.74) is 8.25. The third kappa shape index (κ3) is 4.28. The first-order valence-corrected chi connectivity index (χ1v) is 5.07. The van der Waals surface area contributed by atoms with Gasteiger partial charge in [0.2, 0.25) is 0 Å². The second kappa shape index (κ2) is 4.47. The van der Waals surface area contributed by atoms with Crippen LogP contribution in [0.2, 0.25) is 0 Å². The van der Waals surface area contributed by atoms with Crippen LogP contribution in [0.4, 0.5) is 5.69 Å². The Bertz CT molecular complexity index is 269. The molecular formula is C12H20N2. The maximum absolute atomic E-state index is 5.88. The van der Waals surface area contributed by atoms with Gasteiger partial charge in [-0.25, -0.2) is 0 Å². The zero-order valence-corrected chi connectivity index (χ0v) is 9.30. The van der Waals surface area contributed by atoms with Gasteiger partial charge in [0.05, 0.1) is 0 Å². The minimum absolute atomic E-state index is 0.0856. The summed E-state index contributed by atoms with van der Waals surface area (Å²) in [7, 11) is 0. The molecule has 2 heteroatoms. The van der Waals surface area contributed by atoms with Gasteiger partial charge in [-0.05, 0) is 39.3 Å². The van der Waals surface area contributed by atoms with E-state index in [1.165, 1.54) is 11.3 Å². The topological polar surface area (TPSA) is 38.0 Å². The lowest BCUT2D eigenvalue weighted by molar-refractivity contribution is 0.491. The normalized spacial score (nSPS) is 11.4. The highest BCUT2D eigenvalue weighted by atomic mass is 14.9. The largest absolute Gasteiger partial charge is 0.385 e. The van der Waals surface area contributed by atoms with Crippen molar-refractivity contribution < 1.29 is 0 Å². The molecule has 0 fully saturated rings. The van der Waals surface area contributed by atoms with Crippen molar-refractivity contribution in [3.8, 4) is 0 Å². The predicted octanol–water partition coefficient (Wildman–Crippen LogP) is 2.53. The fourth-order valence-electron chi connectivity index (χ4n) is 1.20. The fraction of sp³-hybridized carbons (Fsp3) is 0.500. The summed E-state index contributed by atoms with van der Waals surface area (Å²) in [6, 6.07) is 8.41. The van der Waals surface area contributed by atoms with Crippen LogP contribution in [0.15, 0.2) is 24.3 Å². The average molecular weight is 192 g/mol. The first kappa shape index (κ1) is 11.1. The summed E-state index contributed by atoms with van der Waals surface area (Å²) in [5.74, 6) is 0. The Morgan fingerprint density at radius 3 is 2.29 bits per heavy atom. The number of hydrogen-bond acceptors (Lipinski definition) is 2. The molecule has 0 unspecified atom stereocenters. The monoisotopic (exact) mass is 192 g/mol. The van der Waals surface area contributed by atoms with Crippen LogP contribution in [-0.4, -0.2) is 12.1 Å². The first-order chi connectivity index (χ1) is 6.47. The summed E-state index contributed by atoms with van der Waals surface area (Å²) in [6.45, 7) is 7.10. The molecule has 14 heavy (non-hydrogen) atoms. The minimum Gasteiger partial charge on any atom is -0.385 e. The van der Waals surface area contributed by atoms with Crippen molar-refractivity contribution >= 4 is 5.69 Å². The van der Waals surface area contributed by atoms with E-state index in [2.05, 4.69) is 36.5 Å². The maximum Gasteiger partial charge on any atom is 0.0340 e. The van der Waals surface area contributed by atoms with Gasteiger partial charge in [0.1, 0.15) is 0 Å². The molecule has 0 spiro atoms. The van der Waals surface area contributed by atoms with E-state index in [1.54, 1.807) is 0 Å². The Morgan fingerprint density at radius 2 is 1.79 bits per heavy atom. The van der Waals surface area contributed by atoms with Crippen LogP contribution in [0.1, 0.15) is 25.8 Å². The van der Waals surface area contributed by atoms with Crippen LogP contribution in [0, 0.1) is 6.92 Å². The van der Waals surface area contributed by atoms with E-state index >= 15 is 0 Å². The summed E-state index contributed by atoms with van der Waals surface area (Å²) in [5, 5.41) is 3.35. The summed E-state index contributed by atoms with van der Waals surface area (Å²) < 4.78 is 0. The van der Waals surface area contributed by atoms with Gasteiger partial charge in [-0.1, -0.05) is 17.7 Å². The molecule has 0 aliphatic heterocycles. The Morgan fingerprint density at radius 1 is 1.21 bits per heavy atom. The zero-order valence-electron chi connectivity index (χ0n) is 9.30. The van der Waals surface area contributed by atoms with Gasteiger partial charge in [-0.3, -0.25) is 0 Å². The minimum atomic E-state index is -0.0856. The van der Waals surface area contributed by atoms with Crippen LogP contribution in [-0.2, 0) is 0 Å². The highest BCUT2D eigenvalue weighted by molar-refractivity contribution is 5.44. The molecule has 2 nitrogen and oxygen atoms in total. The molecule has 78 valence electrons. The highest BCUT2D eigenvalue weighted by Gasteiger charge is 2.08. The molecule has 1 aromatic rings. The molecule has 0 bridgehead atoms. The van der Waals surface area contributed by atoms with Crippen molar-refractivity contribution in [3.63, 3.8) is 0 Å². The molecule has 1 aromatic carbocycles. The predicted molar refractivity (Wildman–Crippen MR) is 62.6 cm³/mol. The van der Waals surface area contributed by atoms with Crippen molar-refractivity contribution in [2.24, 2.45) is 5.73 Å². The molecule has 0 atom stereocenters. The SMILES string of the molecule is Cc1ccc(NCCC(C)(C)N)cc1. The molecule has 0 amide bonds. The number of nitrogens with two attached hydrogens (primary N) is 1. The molecule has 0 aliphatic carbocycles. The Hall–Kier alpha value is -1.02. The number of aryl methyl sites for hydroxylation is 1. The molecule has 0 aliphatic rings. The summed E-state index contributed by atoms with van der Waals surface area (Å²) >= 11 is 0. The highest BCUT2D eigenvalue weighted by Crippen LogP contribution is 2.10. The Balaban J connectivity index is 2.35. The van der Waals surface area contributed by atoms with Crippen LogP contribution < -0.4 is 11.1 Å². The average Bonchev–Trinajstić information content (AvgIpc) is 2.06. The summed E-state index contributed by atoms with van der Waals surface area (Å²) in [4.78, 5) is 0. The van der Waals surface area contributed by atoms with E-state index in [0.717, 1.165) is 13.0 Å². The second-order valence-electron chi connectivity index (χ2n) is 4.53. The fourth-order valence-corrected chi connectivity index (χ4v) is 1.20. The van der Waals surface area contributed by atoms with Crippen molar-refractivity contribution in [2.45, 2.75) is 32.7 Å². The lowest BCUT2D eigenvalue weighted by Crippen LogP contribution is -2.34. The van der Waals surface area contributed by atoms with Gasteiger partial charge < -0.3 is 11.1 Å². The number of anilines is 1. The smallest absolute Gasteiger partial charge is 0.0340 e. The van der Waals surface area contributed by atoms with E-state index in [9.17, 15) is 0 Å². The van der Waals surface area contributed by atoms with Crippen molar-refractivity contribution in [1.82, 2.24) is 0 Å². The second-order valence-corrected chi connectivity index (χ2v) is 4.53. The number of hydrogen-bond donors (Lipinski definition) is 2. The van der Waals surface area contributed by atoms with Gasteiger partial charge in [-0.15, -0.1) is 0 Å². The van der Waals surface area contributed by atoms with E-state index in [1.807, 2.05) is 13.8 Å². The van der Waals surface area contributed by atoms with E-state index in [4.69, 9.17) is 5.73 Å². The standard InChI is InChI=1S/C12H20N2/c1-10-4-6-11(7-5-10)14-9-8-12(2,3)13/h4-7,14H,8-9,13H2,1-3H3. The van der Waals surface area contributed by atoms with Crippen LogP contribution in [0.25, 0.3) is 0 Å². The van der Waals surface area contributed by atoms with E-state index in [-0.39, 0.29) is 5.54 Å². The first-order valence-electron chi connectivity index (χ1n) is 5.07. The van der Waals surface area contributed by atoms with E-state index < -0.39 is 0 Å². The Labute approximate surface area is 86.5 Å².